The summed E-state index contributed by atoms with van der Waals surface area (Å²) in [5, 5.41) is 13.2. The number of nitrogens with zero attached hydrogens (tertiary/aromatic N) is 4. The van der Waals surface area contributed by atoms with Crippen molar-refractivity contribution in [2.75, 3.05) is 6.54 Å². The molecule has 126 valence electrons. The molecule has 0 aliphatic rings. The number of carbonyl (C=O) groups excluding carboxylic acids is 1. The van der Waals surface area contributed by atoms with Crippen molar-refractivity contribution in [3.63, 3.8) is 0 Å². The highest BCUT2D eigenvalue weighted by molar-refractivity contribution is 7.16. The van der Waals surface area contributed by atoms with Gasteiger partial charge in [-0.3, -0.25) is 4.79 Å². The summed E-state index contributed by atoms with van der Waals surface area (Å²) in [5.41, 5.74) is 0.160. The van der Waals surface area contributed by atoms with Gasteiger partial charge in [0, 0.05) is 18.5 Å². The zero-order valence-electron chi connectivity index (χ0n) is 11.8. The Kier molecular flexibility index (Phi) is 4.18. The zero-order chi connectivity index (χ0) is 17.3. The second kappa shape index (κ2) is 6.15. The Morgan fingerprint density at radius 1 is 1.29 bits per heavy atom. The Morgan fingerprint density at radius 3 is 2.79 bits per heavy atom. The number of nitrogens with one attached hydrogen (secondary N) is 1. The van der Waals surface area contributed by atoms with E-state index < -0.39 is 23.7 Å². The molecule has 1 amide bonds. The quantitative estimate of drug-likeness (QED) is 0.726. The third-order valence-electron chi connectivity index (χ3n) is 3.00. The van der Waals surface area contributed by atoms with E-state index in [1.165, 1.54) is 18.2 Å². The van der Waals surface area contributed by atoms with Crippen LogP contribution in [0.2, 0.25) is 0 Å². The fourth-order valence-corrected chi connectivity index (χ4v) is 2.78. The molecule has 0 saturated heterocycles. The molecule has 0 bridgehead atoms. The molecule has 0 spiro atoms. The molecule has 0 radical (unpaired) electrons. The van der Waals surface area contributed by atoms with Crippen LogP contribution in [0.1, 0.15) is 21.2 Å². The first-order chi connectivity index (χ1) is 11.3. The lowest BCUT2D eigenvalue weighted by atomic mass is 10.2. The topological polar surface area (TPSA) is 72.2 Å². The first-order valence-corrected chi connectivity index (χ1v) is 7.48. The molecular formula is C13H9F4N5OS. The third kappa shape index (κ3) is 3.35. The Hall–Kier alpha value is -2.56. The lowest BCUT2D eigenvalue weighted by molar-refractivity contribution is -0.146. The predicted octanol–water partition coefficient (Wildman–Crippen LogP) is 2.32. The molecule has 2 heterocycles. The molecule has 3 rings (SSSR count). The van der Waals surface area contributed by atoms with Crippen LogP contribution in [-0.4, -0.2) is 32.3 Å². The van der Waals surface area contributed by atoms with Crippen LogP contribution < -0.4 is 5.32 Å². The number of halogens is 4. The smallest absolute Gasteiger partial charge is 0.352 e. The van der Waals surface area contributed by atoms with Gasteiger partial charge in [0.2, 0.25) is 4.96 Å². The second-order valence-electron chi connectivity index (χ2n) is 4.73. The molecule has 0 aliphatic carbocycles. The van der Waals surface area contributed by atoms with E-state index in [4.69, 9.17) is 0 Å². The lowest BCUT2D eigenvalue weighted by Crippen LogP contribution is -2.25. The number of fused-ring (bicyclic) bond motifs is 1. The highest BCUT2D eigenvalue weighted by Crippen LogP contribution is 2.28. The summed E-state index contributed by atoms with van der Waals surface area (Å²) >= 11 is 0.951. The molecule has 24 heavy (non-hydrogen) atoms. The molecule has 0 fully saturated rings. The molecule has 0 saturated carbocycles. The fourth-order valence-electron chi connectivity index (χ4n) is 1.95. The minimum Gasteiger partial charge on any atom is -0.352 e. The van der Waals surface area contributed by atoms with E-state index >= 15 is 0 Å². The van der Waals surface area contributed by atoms with Crippen LogP contribution in [0.3, 0.4) is 0 Å². The molecule has 0 atom stereocenters. The lowest BCUT2D eigenvalue weighted by Gasteiger charge is -2.04. The maximum absolute atomic E-state index is 13.0. The van der Waals surface area contributed by atoms with E-state index in [9.17, 15) is 22.4 Å². The van der Waals surface area contributed by atoms with E-state index in [-0.39, 0.29) is 23.5 Å². The molecule has 6 nitrogen and oxygen atoms in total. The van der Waals surface area contributed by atoms with E-state index in [1.807, 2.05) is 0 Å². The molecule has 2 aromatic heterocycles. The van der Waals surface area contributed by atoms with Crippen molar-refractivity contribution in [1.29, 1.82) is 0 Å². The Labute approximate surface area is 136 Å². The number of rotatable bonds is 4. The summed E-state index contributed by atoms with van der Waals surface area (Å²) in [4.78, 5) is 11.8. The van der Waals surface area contributed by atoms with Crippen LogP contribution in [0, 0.1) is 5.82 Å². The van der Waals surface area contributed by atoms with Gasteiger partial charge in [0.25, 0.3) is 11.7 Å². The predicted molar refractivity (Wildman–Crippen MR) is 76.1 cm³/mol. The van der Waals surface area contributed by atoms with Crippen LogP contribution in [0.15, 0.2) is 24.3 Å². The number of carbonyl (C=O) groups is 1. The minimum atomic E-state index is -4.64. The molecule has 1 N–H and O–H groups in total. The van der Waals surface area contributed by atoms with E-state index in [1.54, 1.807) is 0 Å². The van der Waals surface area contributed by atoms with E-state index in [0.717, 1.165) is 17.4 Å². The molecule has 1 aromatic carbocycles. The van der Waals surface area contributed by atoms with Crippen molar-refractivity contribution in [3.8, 4) is 0 Å². The highest BCUT2D eigenvalue weighted by Gasteiger charge is 2.38. The second-order valence-corrected chi connectivity index (χ2v) is 5.77. The van der Waals surface area contributed by atoms with Gasteiger partial charge in [-0.1, -0.05) is 17.4 Å². The Morgan fingerprint density at radius 2 is 2.08 bits per heavy atom. The standard InChI is InChI=1S/C13H9F4N5OS/c14-8-3-1-2-7(6-8)10(23)18-5-4-9-21-22-11(13(15,16)17)19-20-12(22)24-9/h1-3,6H,4-5H2,(H,18,23). The Balaban J connectivity index is 1.64. The van der Waals surface area contributed by atoms with Crippen molar-refractivity contribution >= 4 is 22.2 Å². The minimum absolute atomic E-state index is 0.0220. The highest BCUT2D eigenvalue weighted by atomic mass is 32.1. The van der Waals surface area contributed by atoms with Gasteiger partial charge < -0.3 is 5.32 Å². The van der Waals surface area contributed by atoms with Gasteiger partial charge in [-0.2, -0.15) is 22.8 Å². The summed E-state index contributed by atoms with van der Waals surface area (Å²) in [6.45, 7) is 0.140. The normalized spacial score (nSPS) is 11.8. The van der Waals surface area contributed by atoms with Crippen LogP contribution >= 0.6 is 11.3 Å². The van der Waals surface area contributed by atoms with Crippen LogP contribution in [0.25, 0.3) is 4.96 Å². The van der Waals surface area contributed by atoms with Crippen molar-refractivity contribution in [3.05, 3.63) is 46.5 Å². The maximum Gasteiger partial charge on any atom is 0.453 e. The van der Waals surface area contributed by atoms with Gasteiger partial charge in [-0.25, -0.2) is 4.39 Å². The van der Waals surface area contributed by atoms with Gasteiger partial charge in [0.05, 0.1) is 0 Å². The molecule has 0 aliphatic heterocycles. The zero-order valence-corrected chi connectivity index (χ0v) is 12.7. The Bertz CT molecular complexity index is 888. The monoisotopic (exact) mass is 359 g/mol. The van der Waals surface area contributed by atoms with Crippen LogP contribution in [0.5, 0.6) is 0 Å². The summed E-state index contributed by atoms with van der Waals surface area (Å²) in [7, 11) is 0. The first-order valence-electron chi connectivity index (χ1n) is 6.66. The van der Waals surface area contributed by atoms with Gasteiger partial charge >= 0.3 is 6.18 Å². The van der Waals surface area contributed by atoms with Crippen LogP contribution in [0.4, 0.5) is 17.6 Å². The SMILES string of the molecule is O=C(NCCc1nn2c(C(F)(F)F)nnc2s1)c1cccc(F)c1. The van der Waals surface area contributed by atoms with Gasteiger partial charge in [-0.05, 0) is 18.2 Å². The van der Waals surface area contributed by atoms with Crippen molar-refractivity contribution in [1.82, 2.24) is 25.1 Å². The number of aromatic nitrogens is 4. The maximum atomic E-state index is 13.0. The molecule has 11 heteroatoms. The van der Waals surface area contributed by atoms with Crippen molar-refractivity contribution < 1.29 is 22.4 Å². The number of benzene rings is 1. The fraction of sp³-hybridized carbons (Fsp3) is 0.231. The number of alkyl halides is 3. The molecule has 0 unspecified atom stereocenters. The third-order valence-corrected chi connectivity index (χ3v) is 3.96. The van der Waals surface area contributed by atoms with Gasteiger partial charge in [0.1, 0.15) is 10.8 Å². The number of hydrogen-bond donors (Lipinski definition) is 1. The molecular weight excluding hydrogens is 350 g/mol. The van der Waals surface area contributed by atoms with Crippen LogP contribution in [-0.2, 0) is 12.6 Å². The largest absolute Gasteiger partial charge is 0.453 e. The average Bonchev–Trinajstić information content (AvgIpc) is 3.05. The summed E-state index contributed by atoms with van der Waals surface area (Å²) in [6.07, 6.45) is -4.43. The molecule has 3 aromatic rings. The average molecular weight is 359 g/mol. The summed E-state index contributed by atoms with van der Waals surface area (Å²) in [5.74, 6) is -2.20. The number of amides is 1. The first kappa shape index (κ1) is 16.3. The summed E-state index contributed by atoms with van der Waals surface area (Å²) < 4.78 is 51.7. The van der Waals surface area contributed by atoms with Gasteiger partial charge in [-0.15, -0.1) is 10.2 Å². The number of hydrogen-bond acceptors (Lipinski definition) is 5. The summed E-state index contributed by atoms with van der Waals surface area (Å²) in [6, 6.07) is 5.17. The van der Waals surface area contributed by atoms with Crippen molar-refractivity contribution in [2.24, 2.45) is 0 Å². The van der Waals surface area contributed by atoms with E-state index in [0.29, 0.717) is 9.52 Å². The van der Waals surface area contributed by atoms with E-state index in [2.05, 4.69) is 20.6 Å². The van der Waals surface area contributed by atoms with Gasteiger partial charge in [0.15, 0.2) is 0 Å². The van der Waals surface area contributed by atoms with Crippen molar-refractivity contribution in [2.45, 2.75) is 12.6 Å².